The molecule has 2 unspecified atom stereocenters. The molecule has 0 spiro atoms. The van der Waals surface area contributed by atoms with Gasteiger partial charge in [0.2, 0.25) is 5.91 Å². The number of amides is 1. The number of carbonyl (C=O) groups excluding carboxylic acids is 1. The van der Waals surface area contributed by atoms with Gasteiger partial charge in [0, 0.05) is 36.7 Å². The highest BCUT2D eigenvalue weighted by atomic mass is 16.5. The predicted molar refractivity (Wildman–Crippen MR) is 137 cm³/mol. The Morgan fingerprint density at radius 2 is 2.00 bits per heavy atom. The minimum Gasteiger partial charge on any atom is -0.366 e. The van der Waals surface area contributed by atoms with Crippen LogP contribution in [0.15, 0.2) is 30.6 Å². The number of ether oxygens (including phenoxy) is 1. The maximum absolute atomic E-state index is 12.7. The first-order chi connectivity index (χ1) is 17.7. The van der Waals surface area contributed by atoms with E-state index in [1.54, 1.807) is 0 Å². The minimum atomic E-state index is -0.309. The van der Waals surface area contributed by atoms with Gasteiger partial charge >= 0.3 is 0 Å². The van der Waals surface area contributed by atoms with Crippen molar-refractivity contribution in [2.45, 2.75) is 50.8 Å². The van der Waals surface area contributed by atoms with Crippen molar-refractivity contribution in [1.29, 1.82) is 0 Å². The van der Waals surface area contributed by atoms with Gasteiger partial charge in [0.05, 0.1) is 30.1 Å². The zero-order valence-electron chi connectivity index (χ0n) is 20.9. The molecule has 0 aliphatic carbocycles. The Morgan fingerprint density at radius 1 is 1.17 bits per heavy atom. The largest absolute Gasteiger partial charge is 0.366 e. The summed E-state index contributed by atoms with van der Waals surface area (Å²) in [5.41, 5.74) is 4.37. The zero-order chi connectivity index (χ0) is 24.5. The maximum Gasteiger partial charge on any atom is 0.223 e. The number of nitrogens with zero attached hydrogens (tertiary/aromatic N) is 5. The number of aryl methyl sites for hydroxylation is 1. The van der Waals surface area contributed by atoms with Crippen LogP contribution in [0.1, 0.15) is 49.7 Å². The third-order valence-corrected chi connectivity index (χ3v) is 7.91. The fourth-order valence-corrected chi connectivity index (χ4v) is 5.61. The molecule has 0 bridgehead atoms. The van der Waals surface area contributed by atoms with Crippen molar-refractivity contribution < 1.29 is 9.53 Å². The SMILES string of the molecule is Cn1ncc(-c2ccc3cnc(C4OCC4NC(=O)C4CCNCC4)nc3c2)c1CN1CCCCC1. The van der Waals surface area contributed by atoms with Crippen LogP contribution in [-0.2, 0) is 23.1 Å². The van der Waals surface area contributed by atoms with Crippen molar-refractivity contribution in [2.24, 2.45) is 13.0 Å². The summed E-state index contributed by atoms with van der Waals surface area (Å²) in [6.45, 7) is 5.50. The molecular weight excluding hydrogens is 454 g/mol. The molecule has 3 saturated heterocycles. The van der Waals surface area contributed by atoms with E-state index in [1.807, 2.05) is 24.1 Å². The van der Waals surface area contributed by atoms with Crippen LogP contribution in [0.25, 0.3) is 22.0 Å². The van der Waals surface area contributed by atoms with E-state index < -0.39 is 0 Å². The maximum atomic E-state index is 12.7. The van der Waals surface area contributed by atoms with Crippen LogP contribution in [0.3, 0.4) is 0 Å². The quantitative estimate of drug-likeness (QED) is 0.549. The molecule has 2 atom stereocenters. The second-order valence-corrected chi connectivity index (χ2v) is 10.4. The Labute approximate surface area is 211 Å². The average molecular weight is 490 g/mol. The minimum absolute atomic E-state index is 0.0752. The number of carbonyl (C=O) groups is 1. The lowest BCUT2D eigenvalue weighted by Gasteiger charge is -2.37. The Bertz CT molecular complexity index is 1230. The number of benzene rings is 1. The number of hydrogen-bond donors (Lipinski definition) is 2. The highest BCUT2D eigenvalue weighted by Gasteiger charge is 2.38. The van der Waals surface area contributed by atoms with E-state index in [0.717, 1.165) is 67.6 Å². The molecule has 9 nitrogen and oxygen atoms in total. The molecule has 1 aromatic carbocycles. The highest BCUT2D eigenvalue weighted by Crippen LogP contribution is 2.31. The first kappa shape index (κ1) is 23.5. The van der Waals surface area contributed by atoms with Gasteiger partial charge in [-0.1, -0.05) is 18.6 Å². The third-order valence-electron chi connectivity index (χ3n) is 7.91. The standard InChI is InChI=1S/C27H35N7O2/c1-33-24(16-34-11-3-2-4-12-34)21(15-30-33)19-5-6-20-14-29-26(31-22(20)13-19)25-23(17-36-25)32-27(35)18-7-9-28-10-8-18/h5-6,13-15,18,23,25,28H,2-4,7-12,16-17H2,1H3,(H,32,35). The summed E-state index contributed by atoms with van der Waals surface area (Å²) in [4.78, 5) is 24.7. The number of fused-ring (bicyclic) bond motifs is 1. The number of likely N-dealkylation sites (tertiary alicyclic amines) is 1. The van der Waals surface area contributed by atoms with Crippen LogP contribution in [0.5, 0.6) is 0 Å². The molecule has 3 aromatic rings. The molecule has 36 heavy (non-hydrogen) atoms. The number of rotatable bonds is 6. The number of aromatic nitrogens is 4. The second-order valence-electron chi connectivity index (χ2n) is 10.4. The lowest BCUT2D eigenvalue weighted by Crippen LogP contribution is -2.53. The molecule has 3 aliphatic heterocycles. The van der Waals surface area contributed by atoms with E-state index in [1.165, 1.54) is 25.0 Å². The second kappa shape index (κ2) is 10.2. The van der Waals surface area contributed by atoms with Crippen LogP contribution in [-0.4, -0.2) is 69.4 Å². The summed E-state index contributed by atoms with van der Waals surface area (Å²) >= 11 is 0. The number of nitrogens with one attached hydrogen (secondary N) is 2. The van der Waals surface area contributed by atoms with Gasteiger partial charge in [-0.15, -0.1) is 0 Å². The lowest BCUT2D eigenvalue weighted by atomic mass is 9.96. The van der Waals surface area contributed by atoms with E-state index in [0.29, 0.717) is 12.4 Å². The molecule has 5 heterocycles. The smallest absolute Gasteiger partial charge is 0.223 e. The van der Waals surface area contributed by atoms with Crippen molar-refractivity contribution >= 4 is 16.8 Å². The summed E-state index contributed by atoms with van der Waals surface area (Å²) in [7, 11) is 2.02. The molecule has 2 N–H and O–H groups in total. The van der Waals surface area contributed by atoms with E-state index >= 15 is 0 Å². The fourth-order valence-electron chi connectivity index (χ4n) is 5.61. The van der Waals surface area contributed by atoms with Gasteiger partial charge < -0.3 is 15.4 Å². The first-order valence-electron chi connectivity index (χ1n) is 13.3. The third kappa shape index (κ3) is 4.75. The summed E-state index contributed by atoms with van der Waals surface area (Å²) in [5.74, 6) is 0.822. The van der Waals surface area contributed by atoms with E-state index in [9.17, 15) is 4.79 Å². The van der Waals surface area contributed by atoms with E-state index in [4.69, 9.17) is 9.72 Å². The normalized spacial score (nSPS) is 23.5. The molecule has 2 aromatic heterocycles. The highest BCUT2D eigenvalue weighted by molar-refractivity contribution is 5.84. The summed E-state index contributed by atoms with van der Waals surface area (Å²) in [5, 5.41) is 12.1. The molecule has 3 fully saturated rings. The van der Waals surface area contributed by atoms with Gasteiger partial charge in [-0.05, 0) is 63.5 Å². The number of hydrogen-bond acceptors (Lipinski definition) is 7. The molecule has 0 saturated carbocycles. The average Bonchev–Trinajstić information content (AvgIpc) is 3.27. The van der Waals surface area contributed by atoms with Crippen molar-refractivity contribution in [1.82, 2.24) is 35.3 Å². The van der Waals surface area contributed by atoms with Gasteiger partial charge in [0.15, 0.2) is 5.82 Å². The Balaban J connectivity index is 1.21. The Hall–Kier alpha value is -2.88. The molecule has 1 amide bonds. The van der Waals surface area contributed by atoms with Gasteiger partial charge in [-0.3, -0.25) is 14.4 Å². The summed E-state index contributed by atoms with van der Waals surface area (Å²) in [6, 6.07) is 6.24. The summed E-state index contributed by atoms with van der Waals surface area (Å²) in [6.07, 6.45) is 9.14. The molecule has 3 aliphatic rings. The first-order valence-corrected chi connectivity index (χ1v) is 13.3. The molecule has 6 rings (SSSR count). The van der Waals surface area contributed by atoms with Gasteiger partial charge in [-0.2, -0.15) is 5.10 Å². The van der Waals surface area contributed by atoms with Crippen molar-refractivity contribution in [2.75, 3.05) is 32.8 Å². The molecular formula is C27H35N7O2. The Kier molecular flexibility index (Phi) is 6.69. The monoisotopic (exact) mass is 489 g/mol. The van der Waals surface area contributed by atoms with E-state index in [2.05, 4.69) is 43.8 Å². The summed E-state index contributed by atoms with van der Waals surface area (Å²) < 4.78 is 7.81. The van der Waals surface area contributed by atoms with E-state index in [-0.39, 0.29) is 24.0 Å². The predicted octanol–water partition coefficient (Wildman–Crippen LogP) is 2.57. The van der Waals surface area contributed by atoms with Crippen LogP contribution < -0.4 is 10.6 Å². The van der Waals surface area contributed by atoms with Gasteiger partial charge in [0.1, 0.15) is 6.10 Å². The molecule has 190 valence electrons. The van der Waals surface area contributed by atoms with Crippen molar-refractivity contribution in [3.8, 4) is 11.1 Å². The van der Waals surface area contributed by atoms with Crippen LogP contribution >= 0.6 is 0 Å². The molecule has 9 heteroatoms. The van der Waals surface area contributed by atoms with Crippen molar-refractivity contribution in [3.63, 3.8) is 0 Å². The lowest BCUT2D eigenvalue weighted by molar-refractivity contribution is -0.137. The van der Waals surface area contributed by atoms with Crippen LogP contribution in [0.2, 0.25) is 0 Å². The zero-order valence-corrected chi connectivity index (χ0v) is 20.9. The van der Waals surface area contributed by atoms with Crippen LogP contribution in [0.4, 0.5) is 0 Å². The topological polar surface area (TPSA) is 97.2 Å². The molecule has 0 radical (unpaired) electrons. The number of piperidine rings is 2. The van der Waals surface area contributed by atoms with Crippen LogP contribution in [0, 0.1) is 5.92 Å². The Morgan fingerprint density at radius 3 is 2.78 bits per heavy atom. The van der Waals surface area contributed by atoms with Gasteiger partial charge in [0.25, 0.3) is 0 Å². The van der Waals surface area contributed by atoms with Gasteiger partial charge in [-0.25, -0.2) is 9.97 Å². The van der Waals surface area contributed by atoms with Crippen molar-refractivity contribution in [3.05, 3.63) is 42.1 Å². The fraction of sp³-hybridized carbons (Fsp3) is 0.556.